The molecule has 0 aromatic carbocycles. The summed E-state index contributed by atoms with van der Waals surface area (Å²) in [4.78, 5) is 0. The average molecular weight is 198 g/mol. The molecule has 0 radical (unpaired) electrons. The van der Waals surface area contributed by atoms with Gasteiger partial charge in [-0.1, -0.05) is 37.8 Å². The standard InChI is InChI=1S/C10H14O2S/c1-4-13(11,12)10(3)8-6-5-7-9(10)2/h4-9H,1H2,2-3H3. The van der Waals surface area contributed by atoms with E-state index in [1.807, 2.05) is 19.1 Å². The zero-order valence-corrected chi connectivity index (χ0v) is 8.71. The fourth-order valence-electron chi connectivity index (χ4n) is 1.35. The van der Waals surface area contributed by atoms with Crippen molar-refractivity contribution in [3.63, 3.8) is 0 Å². The molecular formula is C10H14O2S. The van der Waals surface area contributed by atoms with E-state index in [0.717, 1.165) is 5.41 Å². The first-order valence-electron chi connectivity index (χ1n) is 4.17. The molecule has 1 rings (SSSR count). The highest BCUT2D eigenvalue weighted by molar-refractivity contribution is 7.95. The summed E-state index contributed by atoms with van der Waals surface area (Å²) in [6.07, 6.45) is 7.24. The van der Waals surface area contributed by atoms with Gasteiger partial charge >= 0.3 is 0 Å². The van der Waals surface area contributed by atoms with Crippen LogP contribution >= 0.6 is 0 Å². The topological polar surface area (TPSA) is 34.1 Å². The van der Waals surface area contributed by atoms with Crippen LogP contribution in [-0.2, 0) is 9.84 Å². The lowest BCUT2D eigenvalue weighted by Gasteiger charge is -2.30. The van der Waals surface area contributed by atoms with Crippen LogP contribution in [0.5, 0.6) is 0 Å². The lowest BCUT2D eigenvalue weighted by atomic mass is 9.91. The summed E-state index contributed by atoms with van der Waals surface area (Å²) in [6.45, 7) is 6.95. The van der Waals surface area contributed by atoms with Gasteiger partial charge in [-0.25, -0.2) is 8.42 Å². The summed E-state index contributed by atoms with van der Waals surface area (Å²) >= 11 is 0. The molecule has 2 atom stereocenters. The van der Waals surface area contributed by atoms with Gasteiger partial charge in [0, 0.05) is 5.41 Å². The summed E-state index contributed by atoms with van der Waals surface area (Å²) in [7, 11) is -3.24. The Balaban J connectivity index is 3.22. The summed E-state index contributed by atoms with van der Waals surface area (Å²) in [5.41, 5.74) is 0. The molecule has 0 aromatic heterocycles. The number of rotatable bonds is 2. The van der Waals surface area contributed by atoms with Gasteiger partial charge in [0.25, 0.3) is 0 Å². The van der Waals surface area contributed by atoms with Crippen LogP contribution in [0.25, 0.3) is 0 Å². The van der Waals surface area contributed by atoms with E-state index in [1.165, 1.54) is 0 Å². The minimum absolute atomic E-state index is 0.0134. The highest BCUT2D eigenvalue weighted by atomic mass is 32.2. The van der Waals surface area contributed by atoms with Gasteiger partial charge in [-0.05, 0) is 12.8 Å². The van der Waals surface area contributed by atoms with Crippen molar-refractivity contribution in [2.24, 2.45) is 5.92 Å². The highest BCUT2D eigenvalue weighted by Gasteiger charge is 2.39. The smallest absolute Gasteiger partial charge is 0.180 e. The number of hydrogen-bond acceptors (Lipinski definition) is 2. The first-order valence-corrected chi connectivity index (χ1v) is 5.72. The van der Waals surface area contributed by atoms with Crippen LogP contribution < -0.4 is 0 Å². The lowest BCUT2D eigenvalue weighted by molar-refractivity contribution is 0.521. The Labute approximate surface area is 79.6 Å². The van der Waals surface area contributed by atoms with Crippen molar-refractivity contribution in [1.82, 2.24) is 0 Å². The molecule has 1 aliphatic carbocycles. The van der Waals surface area contributed by atoms with Gasteiger partial charge in [-0.15, -0.1) is 0 Å². The molecule has 0 bridgehead atoms. The van der Waals surface area contributed by atoms with E-state index in [-0.39, 0.29) is 5.92 Å². The molecule has 0 saturated carbocycles. The minimum Gasteiger partial charge on any atom is -0.223 e. The maximum absolute atomic E-state index is 11.7. The molecule has 13 heavy (non-hydrogen) atoms. The highest BCUT2D eigenvalue weighted by Crippen LogP contribution is 2.32. The lowest BCUT2D eigenvalue weighted by Crippen LogP contribution is -2.38. The average Bonchev–Trinajstić information content (AvgIpc) is 2.10. The van der Waals surface area contributed by atoms with Gasteiger partial charge < -0.3 is 0 Å². The van der Waals surface area contributed by atoms with Crippen molar-refractivity contribution in [2.75, 3.05) is 0 Å². The van der Waals surface area contributed by atoms with E-state index in [1.54, 1.807) is 19.1 Å². The number of sulfone groups is 1. The van der Waals surface area contributed by atoms with Gasteiger partial charge in [0.2, 0.25) is 0 Å². The molecule has 0 aromatic rings. The molecule has 2 nitrogen and oxygen atoms in total. The van der Waals surface area contributed by atoms with Crippen molar-refractivity contribution in [3.8, 4) is 0 Å². The van der Waals surface area contributed by atoms with E-state index in [9.17, 15) is 8.42 Å². The number of allylic oxidation sites excluding steroid dienone is 3. The van der Waals surface area contributed by atoms with Gasteiger partial charge in [-0.3, -0.25) is 0 Å². The van der Waals surface area contributed by atoms with Gasteiger partial charge in [-0.2, -0.15) is 0 Å². The van der Waals surface area contributed by atoms with Gasteiger partial charge in [0.1, 0.15) is 0 Å². The second-order valence-corrected chi connectivity index (χ2v) is 5.73. The van der Waals surface area contributed by atoms with E-state index >= 15 is 0 Å². The zero-order valence-electron chi connectivity index (χ0n) is 7.90. The van der Waals surface area contributed by atoms with Crippen LogP contribution in [0.15, 0.2) is 36.3 Å². The maximum Gasteiger partial charge on any atom is 0.180 e. The molecule has 0 spiro atoms. The molecule has 0 saturated heterocycles. The van der Waals surface area contributed by atoms with Crippen LogP contribution in [0.2, 0.25) is 0 Å². The normalized spacial score (nSPS) is 33.2. The van der Waals surface area contributed by atoms with Crippen LogP contribution in [-0.4, -0.2) is 13.2 Å². The fourth-order valence-corrected chi connectivity index (χ4v) is 2.58. The van der Waals surface area contributed by atoms with E-state index in [4.69, 9.17) is 0 Å². The zero-order chi connectivity index (χ0) is 10.1. The Hall–Kier alpha value is -0.830. The van der Waals surface area contributed by atoms with Crippen LogP contribution in [0, 0.1) is 5.92 Å². The Kier molecular flexibility index (Phi) is 2.48. The predicted molar refractivity (Wildman–Crippen MR) is 55.0 cm³/mol. The maximum atomic E-state index is 11.7. The molecule has 2 unspecified atom stereocenters. The predicted octanol–water partition coefficient (Wildman–Crippen LogP) is 2.07. The van der Waals surface area contributed by atoms with E-state index in [2.05, 4.69) is 6.58 Å². The molecular weight excluding hydrogens is 184 g/mol. The van der Waals surface area contributed by atoms with E-state index in [0.29, 0.717) is 0 Å². The van der Waals surface area contributed by atoms with Crippen LogP contribution in [0.4, 0.5) is 0 Å². The molecule has 1 aliphatic rings. The van der Waals surface area contributed by atoms with Crippen molar-refractivity contribution >= 4 is 9.84 Å². The minimum atomic E-state index is -3.24. The third-order valence-corrected chi connectivity index (χ3v) is 4.85. The fraction of sp³-hybridized carbons (Fsp3) is 0.400. The Morgan fingerprint density at radius 2 is 2.08 bits per heavy atom. The third-order valence-electron chi connectivity index (χ3n) is 2.67. The summed E-state index contributed by atoms with van der Waals surface area (Å²) in [5, 5.41) is 1.03. The monoisotopic (exact) mass is 198 g/mol. The molecule has 3 heteroatoms. The number of hydrogen-bond donors (Lipinski definition) is 0. The third kappa shape index (κ3) is 1.48. The molecule has 0 fully saturated rings. The van der Waals surface area contributed by atoms with Crippen molar-refractivity contribution in [3.05, 3.63) is 36.3 Å². The summed E-state index contributed by atoms with van der Waals surface area (Å²) in [5.74, 6) is -0.0134. The second-order valence-electron chi connectivity index (χ2n) is 3.43. The summed E-state index contributed by atoms with van der Waals surface area (Å²) in [6, 6.07) is 0. The summed E-state index contributed by atoms with van der Waals surface area (Å²) < 4.78 is 22.5. The Morgan fingerprint density at radius 1 is 1.46 bits per heavy atom. The van der Waals surface area contributed by atoms with Crippen molar-refractivity contribution in [1.29, 1.82) is 0 Å². The Morgan fingerprint density at radius 3 is 2.54 bits per heavy atom. The van der Waals surface area contributed by atoms with Gasteiger partial charge in [0.15, 0.2) is 9.84 Å². The molecule has 0 N–H and O–H groups in total. The molecule has 0 amide bonds. The van der Waals surface area contributed by atoms with Gasteiger partial charge in [0.05, 0.1) is 4.75 Å². The van der Waals surface area contributed by atoms with Crippen LogP contribution in [0.3, 0.4) is 0 Å². The second kappa shape index (κ2) is 3.14. The van der Waals surface area contributed by atoms with E-state index < -0.39 is 14.6 Å². The van der Waals surface area contributed by atoms with Crippen molar-refractivity contribution < 1.29 is 8.42 Å². The van der Waals surface area contributed by atoms with Crippen LogP contribution in [0.1, 0.15) is 13.8 Å². The SMILES string of the molecule is C=CS(=O)(=O)C1(C)C=CC=CC1C. The Bertz CT molecular complexity index is 362. The quantitative estimate of drug-likeness (QED) is 0.680. The largest absolute Gasteiger partial charge is 0.223 e. The molecule has 72 valence electrons. The van der Waals surface area contributed by atoms with Crippen molar-refractivity contribution in [2.45, 2.75) is 18.6 Å². The first kappa shape index (κ1) is 10.3. The molecule has 0 heterocycles. The molecule has 0 aliphatic heterocycles. The first-order chi connectivity index (χ1) is 5.94.